The summed E-state index contributed by atoms with van der Waals surface area (Å²) in [5, 5.41) is 4.36. The van der Waals surface area contributed by atoms with Crippen molar-refractivity contribution in [2.45, 2.75) is 25.7 Å². The van der Waals surface area contributed by atoms with E-state index in [1.165, 1.54) is 0 Å². The molecule has 0 aliphatic carbocycles. The number of piperidine rings is 1. The molecule has 1 aromatic carbocycles. The van der Waals surface area contributed by atoms with Gasteiger partial charge in [-0.3, -0.25) is 14.4 Å². The number of rotatable bonds is 4. The second-order valence-electron chi connectivity index (χ2n) is 8.98. The van der Waals surface area contributed by atoms with Gasteiger partial charge in [-0.2, -0.15) is 5.10 Å². The summed E-state index contributed by atoms with van der Waals surface area (Å²) in [6.07, 6.45) is 5.24. The smallest absolute Gasteiger partial charge is 0.258 e. The van der Waals surface area contributed by atoms with Gasteiger partial charge in [-0.05, 0) is 55.5 Å². The molecule has 8 nitrogen and oxygen atoms in total. The van der Waals surface area contributed by atoms with Gasteiger partial charge in [0.05, 0.1) is 17.3 Å². The monoisotopic (exact) mass is 459 g/mol. The number of nitrogens with zero attached hydrogens (tertiary/aromatic N) is 5. The van der Waals surface area contributed by atoms with Gasteiger partial charge in [0.2, 0.25) is 5.91 Å². The third kappa shape index (κ3) is 4.16. The van der Waals surface area contributed by atoms with Crippen LogP contribution in [0.3, 0.4) is 0 Å². The summed E-state index contributed by atoms with van der Waals surface area (Å²) in [6.45, 7) is 5.23. The molecule has 0 unspecified atom stereocenters. The predicted molar refractivity (Wildman–Crippen MR) is 128 cm³/mol. The number of pyridine rings is 1. The van der Waals surface area contributed by atoms with E-state index in [4.69, 9.17) is 0 Å². The van der Waals surface area contributed by atoms with Crippen LogP contribution >= 0.6 is 0 Å². The third-order valence-electron chi connectivity index (χ3n) is 7.04. The maximum Gasteiger partial charge on any atom is 0.258 e. The highest BCUT2D eigenvalue weighted by atomic mass is 16.2. The highest BCUT2D eigenvalue weighted by molar-refractivity contribution is 6.02. The number of aromatic nitrogens is 2. The maximum atomic E-state index is 13.2. The molecule has 0 saturated carbocycles. The molecule has 0 atom stereocenters. The Morgan fingerprint density at radius 3 is 2.44 bits per heavy atom. The summed E-state index contributed by atoms with van der Waals surface area (Å²) in [7, 11) is 0. The summed E-state index contributed by atoms with van der Waals surface area (Å²) in [4.78, 5) is 43.6. The lowest BCUT2D eigenvalue weighted by Crippen LogP contribution is -2.52. The minimum Gasteiger partial charge on any atom is -0.340 e. The van der Waals surface area contributed by atoms with Gasteiger partial charge in [0.1, 0.15) is 6.54 Å². The van der Waals surface area contributed by atoms with Gasteiger partial charge in [0.25, 0.3) is 11.8 Å². The molecule has 3 amide bonds. The Labute approximate surface area is 198 Å². The topological polar surface area (TPSA) is 78.2 Å². The zero-order chi connectivity index (χ0) is 23.7. The van der Waals surface area contributed by atoms with Crippen LogP contribution in [0.25, 0.3) is 5.52 Å². The fourth-order valence-corrected chi connectivity index (χ4v) is 4.98. The van der Waals surface area contributed by atoms with Crippen molar-refractivity contribution in [1.82, 2.24) is 24.3 Å². The van der Waals surface area contributed by atoms with Crippen LogP contribution in [0.2, 0.25) is 0 Å². The van der Waals surface area contributed by atoms with E-state index in [-0.39, 0.29) is 24.3 Å². The zero-order valence-corrected chi connectivity index (χ0v) is 19.4. The zero-order valence-electron chi connectivity index (χ0n) is 19.4. The molecule has 2 aliphatic rings. The molecule has 2 aliphatic heterocycles. The number of fused-ring (bicyclic) bond motifs is 1. The molecule has 176 valence electrons. The van der Waals surface area contributed by atoms with E-state index in [0.717, 1.165) is 29.5 Å². The molecule has 0 N–H and O–H groups in total. The van der Waals surface area contributed by atoms with E-state index < -0.39 is 0 Å². The van der Waals surface area contributed by atoms with E-state index in [1.54, 1.807) is 20.5 Å². The molecule has 2 saturated heterocycles. The molecule has 4 heterocycles. The Bertz CT molecular complexity index is 1210. The van der Waals surface area contributed by atoms with Crippen LogP contribution in [-0.4, -0.2) is 81.3 Å². The van der Waals surface area contributed by atoms with Crippen molar-refractivity contribution >= 4 is 23.2 Å². The van der Waals surface area contributed by atoms with Crippen LogP contribution in [0.5, 0.6) is 0 Å². The van der Waals surface area contributed by atoms with E-state index in [0.29, 0.717) is 44.2 Å². The molecule has 2 fully saturated rings. The largest absolute Gasteiger partial charge is 0.340 e. The average molecular weight is 460 g/mol. The lowest BCUT2D eigenvalue weighted by Gasteiger charge is -2.33. The van der Waals surface area contributed by atoms with Crippen LogP contribution in [0.15, 0.2) is 54.9 Å². The van der Waals surface area contributed by atoms with Gasteiger partial charge in [-0.25, -0.2) is 4.52 Å². The molecule has 2 aromatic heterocycles. The first-order valence-corrected chi connectivity index (χ1v) is 11.9. The first-order valence-electron chi connectivity index (χ1n) is 11.9. The first kappa shape index (κ1) is 22.1. The second-order valence-corrected chi connectivity index (χ2v) is 8.98. The molecule has 5 rings (SSSR count). The fourth-order valence-electron chi connectivity index (χ4n) is 4.98. The highest BCUT2D eigenvalue weighted by Gasteiger charge is 2.29. The lowest BCUT2D eigenvalue weighted by molar-refractivity contribution is -0.134. The summed E-state index contributed by atoms with van der Waals surface area (Å²) in [5.74, 6) is 0.226. The number of hydrogen-bond donors (Lipinski definition) is 0. The Balaban J connectivity index is 1.29. The Kier molecular flexibility index (Phi) is 6.04. The van der Waals surface area contributed by atoms with Crippen molar-refractivity contribution in [2.24, 2.45) is 0 Å². The summed E-state index contributed by atoms with van der Waals surface area (Å²) in [5.41, 5.74) is 3.16. The van der Waals surface area contributed by atoms with E-state index in [2.05, 4.69) is 11.2 Å². The van der Waals surface area contributed by atoms with Crippen molar-refractivity contribution in [3.63, 3.8) is 0 Å². The second kappa shape index (κ2) is 9.29. The summed E-state index contributed by atoms with van der Waals surface area (Å²) in [6, 6.07) is 13.5. The van der Waals surface area contributed by atoms with E-state index in [9.17, 15) is 14.4 Å². The number of benzene rings is 1. The maximum absolute atomic E-state index is 13.2. The molecule has 0 spiro atoms. The van der Waals surface area contributed by atoms with Gasteiger partial charge < -0.3 is 14.7 Å². The normalized spacial score (nSPS) is 17.4. The number of hydrogen-bond acceptors (Lipinski definition) is 4. The Morgan fingerprint density at radius 2 is 1.74 bits per heavy atom. The van der Waals surface area contributed by atoms with Crippen LogP contribution in [0.1, 0.15) is 52.0 Å². The minimum absolute atomic E-state index is 0.0175. The molecule has 3 aromatic rings. The quantitative estimate of drug-likeness (QED) is 0.601. The van der Waals surface area contributed by atoms with E-state index in [1.807, 2.05) is 54.4 Å². The first-order chi connectivity index (χ1) is 16.5. The minimum atomic E-state index is -0.153. The van der Waals surface area contributed by atoms with Gasteiger partial charge in [0, 0.05) is 44.5 Å². The number of carbonyl (C=O) groups is 3. The predicted octanol–water partition coefficient (Wildman–Crippen LogP) is 2.66. The summed E-state index contributed by atoms with van der Waals surface area (Å²) >= 11 is 0. The number of likely N-dealkylation sites (N-methyl/N-ethyl adjacent to an activating group) is 1. The SMILES string of the molecule is CCN1CCN(C(=O)c2cnn3ccc(C4CCN(C(=O)c5ccccc5)CC4)cc23)CC1=O. The fraction of sp³-hybridized carbons (Fsp3) is 0.385. The Morgan fingerprint density at radius 1 is 0.971 bits per heavy atom. The van der Waals surface area contributed by atoms with Crippen molar-refractivity contribution < 1.29 is 14.4 Å². The summed E-state index contributed by atoms with van der Waals surface area (Å²) < 4.78 is 1.72. The van der Waals surface area contributed by atoms with Crippen LogP contribution in [0.4, 0.5) is 0 Å². The standard InChI is InChI=1S/C26H29N5O3/c1-2-28-14-15-30(18-24(28)32)26(34)22-17-27-31-13-10-21(16-23(22)31)19-8-11-29(12-9-19)25(33)20-6-4-3-5-7-20/h3-7,10,13,16-17,19H,2,8-9,11-12,14-15,18H2,1H3. The van der Waals surface area contributed by atoms with Crippen molar-refractivity contribution in [2.75, 3.05) is 39.3 Å². The number of amides is 3. The lowest BCUT2D eigenvalue weighted by atomic mass is 9.89. The van der Waals surface area contributed by atoms with E-state index >= 15 is 0 Å². The van der Waals surface area contributed by atoms with Gasteiger partial charge >= 0.3 is 0 Å². The van der Waals surface area contributed by atoms with Crippen LogP contribution in [-0.2, 0) is 4.79 Å². The molecule has 34 heavy (non-hydrogen) atoms. The molecule has 0 radical (unpaired) electrons. The average Bonchev–Trinajstić information content (AvgIpc) is 3.31. The van der Waals surface area contributed by atoms with Gasteiger partial charge in [0.15, 0.2) is 0 Å². The highest BCUT2D eigenvalue weighted by Crippen LogP contribution is 2.30. The molecule has 0 bridgehead atoms. The molecule has 8 heteroatoms. The van der Waals surface area contributed by atoms with Crippen molar-refractivity contribution in [3.8, 4) is 0 Å². The number of piperazine rings is 1. The number of carbonyl (C=O) groups excluding carboxylic acids is 3. The number of likely N-dealkylation sites (tertiary alicyclic amines) is 1. The van der Waals surface area contributed by atoms with Crippen LogP contribution in [0, 0.1) is 0 Å². The van der Waals surface area contributed by atoms with Crippen molar-refractivity contribution in [3.05, 3.63) is 71.5 Å². The van der Waals surface area contributed by atoms with Gasteiger partial charge in [-0.1, -0.05) is 18.2 Å². The molecular weight excluding hydrogens is 430 g/mol. The Hall–Kier alpha value is -3.68. The van der Waals surface area contributed by atoms with Gasteiger partial charge in [-0.15, -0.1) is 0 Å². The van der Waals surface area contributed by atoms with Crippen LogP contribution < -0.4 is 0 Å². The van der Waals surface area contributed by atoms with Crippen molar-refractivity contribution in [1.29, 1.82) is 0 Å². The molecular formula is C26H29N5O3. The third-order valence-corrected chi connectivity index (χ3v) is 7.04.